The third-order valence-corrected chi connectivity index (χ3v) is 5.20. The first kappa shape index (κ1) is 10.7. The van der Waals surface area contributed by atoms with Crippen LogP contribution in [0.4, 0.5) is 0 Å². The zero-order chi connectivity index (χ0) is 11.0. The number of thiazole rings is 1. The second-order valence-corrected chi connectivity index (χ2v) is 6.28. The summed E-state index contributed by atoms with van der Waals surface area (Å²) in [4.78, 5) is 4.88. The van der Waals surface area contributed by atoms with E-state index in [0.29, 0.717) is 0 Å². The first-order chi connectivity index (χ1) is 7.84. The highest BCUT2D eigenvalue weighted by atomic mass is 32.1. The zero-order valence-electron chi connectivity index (χ0n) is 9.74. The lowest BCUT2D eigenvalue weighted by molar-refractivity contribution is 0.294. The number of nitrogens with zero attached hydrogens (tertiary/aromatic N) is 1. The van der Waals surface area contributed by atoms with Crippen molar-refractivity contribution in [1.29, 1.82) is 0 Å². The predicted octanol–water partition coefficient (Wildman–Crippen LogP) is 3.18. The van der Waals surface area contributed by atoms with Crippen molar-refractivity contribution >= 4 is 11.3 Å². The van der Waals surface area contributed by atoms with E-state index >= 15 is 0 Å². The summed E-state index contributed by atoms with van der Waals surface area (Å²) in [7, 11) is 0. The minimum atomic E-state index is 0.224. The summed E-state index contributed by atoms with van der Waals surface area (Å²) >= 11 is 1.86. The molecule has 2 fully saturated rings. The molecule has 0 atom stereocenters. The van der Waals surface area contributed by atoms with Gasteiger partial charge in [-0.2, -0.15) is 0 Å². The fraction of sp³-hybridized carbons (Fsp3) is 0.769. The molecule has 3 rings (SSSR count). The quantitative estimate of drug-likeness (QED) is 0.875. The molecular formula is C13H20N2S. The first-order valence-corrected chi connectivity index (χ1v) is 7.38. The second-order valence-electron chi connectivity index (χ2n) is 5.39. The van der Waals surface area contributed by atoms with Gasteiger partial charge in [-0.05, 0) is 25.7 Å². The molecule has 0 saturated heterocycles. The molecular weight excluding hydrogens is 216 g/mol. The van der Waals surface area contributed by atoms with Crippen molar-refractivity contribution in [3.05, 3.63) is 16.1 Å². The normalized spacial score (nSPS) is 24.6. The van der Waals surface area contributed by atoms with Gasteiger partial charge in [0, 0.05) is 23.3 Å². The molecule has 0 aliphatic heterocycles. The maximum Gasteiger partial charge on any atom is 0.0959 e. The average Bonchev–Trinajstić information content (AvgIpc) is 3.08. The van der Waals surface area contributed by atoms with E-state index in [0.717, 1.165) is 12.5 Å². The lowest BCUT2D eigenvalue weighted by Gasteiger charge is -2.34. The van der Waals surface area contributed by atoms with E-state index in [9.17, 15) is 0 Å². The lowest BCUT2D eigenvalue weighted by atomic mass is 9.72. The summed E-state index contributed by atoms with van der Waals surface area (Å²) in [5.74, 6) is 0.789. The van der Waals surface area contributed by atoms with Crippen molar-refractivity contribution in [2.24, 2.45) is 5.73 Å². The monoisotopic (exact) mass is 236 g/mol. The molecule has 3 heteroatoms. The number of rotatable bonds is 3. The number of hydrogen-bond acceptors (Lipinski definition) is 3. The van der Waals surface area contributed by atoms with Crippen LogP contribution >= 0.6 is 11.3 Å². The number of hydrogen-bond donors (Lipinski definition) is 1. The second kappa shape index (κ2) is 4.11. The van der Waals surface area contributed by atoms with E-state index in [2.05, 4.69) is 5.38 Å². The minimum Gasteiger partial charge on any atom is -0.330 e. The largest absolute Gasteiger partial charge is 0.330 e. The molecule has 16 heavy (non-hydrogen) atoms. The van der Waals surface area contributed by atoms with E-state index in [1.807, 2.05) is 11.3 Å². The molecule has 0 spiro atoms. The summed E-state index contributed by atoms with van der Waals surface area (Å²) in [6.45, 7) is 0.779. The van der Waals surface area contributed by atoms with Gasteiger partial charge in [0.2, 0.25) is 0 Å². The Kier molecular flexibility index (Phi) is 2.76. The van der Waals surface area contributed by atoms with E-state index < -0.39 is 0 Å². The van der Waals surface area contributed by atoms with Crippen LogP contribution in [0.3, 0.4) is 0 Å². The molecule has 2 aliphatic carbocycles. The van der Waals surface area contributed by atoms with Gasteiger partial charge in [0.25, 0.3) is 0 Å². The van der Waals surface area contributed by atoms with Gasteiger partial charge < -0.3 is 5.73 Å². The van der Waals surface area contributed by atoms with Gasteiger partial charge in [0.1, 0.15) is 0 Å². The number of aromatic nitrogens is 1. The molecule has 88 valence electrons. The van der Waals surface area contributed by atoms with Crippen LogP contribution in [0.1, 0.15) is 61.6 Å². The van der Waals surface area contributed by atoms with Crippen LogP contribution in [0.15, 0.2) is 5.38 Å². The SMILES string of the molecule is NCC1(c2csc(C3CC3)n2)CCCCC1. The molecule has 2 aliphatic rings. The van der Waals surface area contributed by atoms with Gasteiger partial charge in [-0.15, -0.1) is 11.3 Å². The van der Waals surface area contributed by atoms with E-state index in [4.69, 9.17) is 10.7 Å². The Morgan fingerprint density at radius 2 is 2.06 bits per heavy atom. The molecule has 0 amide bonds. The van der Waals surface area contributed by atoms with Crippen LogP contribution in [-0.4, -0.2) is 11.5 Å². The van der Waals surface area contributed by atoms with Crippen LogP contribution in [0.5, 0.6) is 0 Å². The molecule has 0 radical (unpaired) electrons. The third kappa shape index (κ3) is 1.80. The molecule has 1 aromatic heterocycles. The predicted molar refractivity (Wildman–Crippen MR) is 67.9 cm³/mol. The van der Waals surface area contributed by atoms with E-state index in [-0.39, 0.29) is 5.41 Å². The topological polar surface area (TPSA) is 38.9 Å². The maximum atomic E-state index is 6.04. The Labute approximate surface area is 101 Å². The fourth-order valence-corrected chi connectivity index (χ4v) is 3.96. The van der Waals surface area contributed by atoms with Crippen molar-refractivity contribution < 1.29 is 0 Å². The van der Waals surface area contributed by atoms with Gasteiger partial charge in [0.15, 0.2) is 0 Å². The highest BCUT2D eigenvalue weighted by molar-refractivity contribution is 7.09. The smallest absolute Gasteiger partial charge is 0.0959 e. The molecule has 0 aromatic carbocycles. The highest BCUT2D eigenvalue weighted by Crippen LogP contribution is 2.44. The molecule has 2 nitrogen and oxygen atoms in total. The third-order valence-electron chi connectivity index (χ3n) is 4.19. The summed E-state index contributed by atoms with van der Waals surface area (Å²) in [5, 5.41) is 3.65. The molecule has 0 unspecified atom stereocenters. The van der Waals surface area contributed by atoms with Crippen LogP contribution in [0, 0.1) is 0 Å². The Hall–Kier alpha value is -0.410. The van der Waals surface area contributed by atoms with Crippen molar-refractivity contribution in [2.45, 2.75) is 56.3 Å². The summed E-state index contributed by atoms with van der Waals surface area (Å²) in [6, 6.07) is 0. The van der Waals surface area contributed by atoms with Gasteiger partial charge in [-0.25, -0.2) is 4.98 Å². The summed E-state index contributed by atoms with van der Waals surface area (Å²) in [6.07, 6.45) is 9.22. The Bertz CT molecular complexity index is 362. The maximum absolute atomic E-state index is 6.04. The first-order valence-electron chi connectivity index (χ1n) is 6.50. The van der Waals surface area contributed by atoms with Gasteiger partial charge in [-0.1, -0.05) is 19.3 Å². The van der Waals surface area contributed by atoms with Crippen LogP contribution in [0.25, 0.3) is 0 Å². The standard InChI is InChI=1S/C13H20N2S/c14-9-13(6-2-1-3-7-13)11-8-16-12(15-11)10-4-5-10/h8,10H,1-7,9,14H2. The van der Waals surface area contributed by atoms with Gasteiger partial charge in [0.05, 0.1) is 10.7 Å². The highest BCUT2D eigenvalue weighted by Gasteiger charge is 2.36. The molecule has 0 bridgehead atoms. The van der Waals surface area contributed by atoms with E-state index in [1.165, 1.54) is 55.6 Å². The molecule has 2 saturated carbocycles. The van der Waals surface area contributed by atoms with Crippen LogP contribution < -0.4 is 5.73 Å². The van der Waals surface area contributed by atoms with Crippen LogP contribution in [-0.2, 0) is 5.41 Å². The van der Waals surface area contributed by atoms with Crippen molar-refractivity contribution in [3.63, 3.8) is 0 Å². The minimum absolute atomic E-state index is 0.224. The summed E-state index contributed by atoms with van der Waals surface area (Å²) < 4.78 is 0. The average molecular weight is 236 g/mol. The molecule has 1 aromatic rings. The molecule has 1 heterocycles. The summed E-state index contributed by atoms with van der Waals surface area (Å²) in [5.41, 5.74) is 7.57. The van der Waals surface area contributed by atoms with Crippen molar-refractivity contribution in [1.82, 2.24) is 4.98 Å². The zero-order valence-corrected chi connectivity index (χ0v) is 10.6. The van der Waals surface area contributed by atoms with Crippen molar-refractivity contribution in [3.8, 4) is 0 Å². The van der Waals surface area contributed by atoms with E-state index in [1.54, 1.807) is 0 Å². The number of nitrogens with two attached hydrogens (primary N) is 1. The van der Waals surface area contributed by atoms with Gasteiger partial charge >= 0.3 is 0 Å². The lowest BCUT2D eigenvalue weighted by Crippen LogP contribution is -2.37. The van der Waals surface area contributed by atoms with Gasteiger partial charge in [-0.3, -0.25) is 0 Å². The Morgan fingerprint density at radius 1 is 1.31 bits per heavy atom. The Morgan fingerprint density at radius 3 is 2.69 bits per heavy atom. The molecule has 2 N–H and O–H groups in total. The Balaban J connectivity index is 1.86. The van der Waals surface area contributed by atoms with Crippen LogP contribution in [0.2, 0.25) is 0 Å². The van der Waals surface area contributed by atoms with Crippen molar-refractivity contribution in [2.75, 3.05) is 6.54 Å². The fourth-order valence-electron chi connectivity index (χ4n) is 2.84.